The van der Waals surface area contributed by atoms with Gasteiger partial charge in [-0.2, -0.15) is 0 Å². The lowest BCUT2D eigenvalue weighted by molar-refractivity contribution is 0.214. The second-order valence-corrected chi connectivity index (χ2v) is 6.02. The van der Waals surface area contributed by atoms with Crippen molar-refractivity contribution in [2.24, 2.45) is 0 Å². The molecular weight excluding hydrogens is 287 g/mol. The minimum absolute atomic E-state index is 0.227. The van der Waals surface area contributed by atoms with E-state index in [-0.39, 0.29) is 5.82 Å². The highest BCUT2D eigenvalue weighted by Crippen LogP contribution is 2.22. The summed E-state index contributed by atoms with van der Waals surface area (Å²) in [7, 11) is 0. The van der Waals surface area contributed by atoms with Crippen LogP contribution in [0.2, 0.25) is 0 Å². The van der Waals surface area contributed by atoms with E-state index >= 15 is 0 Å². The van der Waals surface area contributed by atoms with Gasteiger partial charge in [0.15, 0.2) is 11.0 Å². The van der Waals surface area contributed by atoms with Crippen LogP contribution in [0.3, 0.4) is 0 Å². The maximum atomic E-state index is 13.1. The van der Waals surface area contributed by atoms with Gasteiger partial charge in [0.25, 0.3) is 0 Å². The lowest BCUT2D eigenvalue weighted by atomic mass is 10.1. The molecule has 0 spiro atoms. The van der Waals surface area contributed by atoms with Crippen molar-refractivity contribution in [3.05, 3.63) is 35.9 Å². The Kier molecular flexibility index (Phi) is 4.55. The van der Waals surface area contributed by atoms with E-state index < -0.39 is 0 Å². The van der Waals surface area contributed by atoms with Gasteiger partial charge in [-0.15, -0.1) is 10.2 Å². The summed E-state index contributed by atoms with van der Waals surface area (Å²) in [4.78, 5) is 2.41. The van der Waals surface area contributed by atoms with Gasteiger partial charge in [0.1, 0.15) is 5.82 Å². The first kappa shape index (κ1) is 14.5. The molecule has 4 nitrogen and oxygen atoms in total. The third-order valence-electron chi connectivity index (χ3n) is 3.78. The van der Waals surface area contributed by atoms with Gasteiger partial charge in [0, 0.05) is 5.69 Å². The molecule has 1 aliphatic heterocycles. The maximum Gasteiger partial charge on any atom is 0.195 e. The fourth-order valence-corrected chi connectivity index (χ4v) is 3.22. The van der Waals surface area contributed by atoms with Crippen molar-refractivity contribution in [1.29, 1.82) is 0 Å². The number of halogens is 1. The third kappa shape index (κ3) is 3.27. The van der Waals surface area contributed by atoms with Gasteiger partial charge in [-0.25, -0.2) is 4.39 Å². The molecule has 0 saturated carbocycles. The molecule has 1 aromatic heterocycles. The van der Waals surface area contributed by atoms with Crippen LogP contribution in [0.15, 0.2) is 29.4 Å². The van der Waals surface area contributed by atoms with Crippen molar-refractivity contribution >= 4 is 11.8 Å². The van der Waals surface area contributed by atoms with Crippen LogP contribution >= 0.6 is 11.8 Å². The number of thioether (sulfide) groups is 1. The molecule has 2 aromatic rings. The minimum atomic E-state index is -0.227. The summed E-state index contributed by atoms with van der Waals surface area (Å²) in [6.45, 7) is 3.03. The molecule has 0 unspecified atom stereocenters. The number of rotatable bonds is 4. The summed E-state index contributed by atoms with van der Waals surface area (Å²) in [6, 6.07) is 6.50. The Hall–Kier alpha value is -1.40. The quantitative estimate of drug-likeness (QED) is 0.813. The number of nitrogens with zero attached hydrogens (tertiary/aromatic N) is 4. The lowest BCUT2D eigenvalue weighted by Crippen LogP contribution is -2.30. The number of piperidine rings is 1. The van der Waals surface area contributed by atoms with Crippen molar-refractivity contribution in [2.45, 2.75) is 31.0 Å². The third-order valence-corrected chi connectivity index (χ3v) is 4.41. The summed E-state index contributed by atoms with van der Waals surface area (Å²) in [5.41, 5.74) is 0.915. The fourth-order valence-electron chi connectivity index (χ4n) is 2.70. The predicted octanol–water partition coefficient (Wildman–Crippen LogP) is 3.11. The molecule has 0 amide bonds. The highest BCUT2D eigenvalue weighted by Gasteiger charge is 2.18. The van der Waals surface area contributed by atoms with Crippen molar-refractivity contribution in [2.75, 3.05) is 19.3 Å². The highest BCUT2D eigenvalue weighted by molar-refractivity contribution is 7.98. The van der Waals surface area contributed by atoms with E-state index in [0.29, 0.717) is 0 Å². The van der Waals surface area contributed by atoms with Crippen LogP contribution in [0.5, 0.6) is 0 Å². The normalized spacial score (nSPS) is 16.3. The van der Waals surface area contributed by atoms with Gasteiger partial charge in [-0.1, -0.05) is 18.2 Å². The van der Waals surface area contributed by atoms with Gasteiger partial charge < -0.3 is 0 Å². The molecule has 0 N–H and O–H groups in total. The molecule has 112 valence electrons. The topological polar surface area (TPSA) is 34.0 Å². The Labute approximate surface area is 128 Å². The first-order valence-electron chi connectivity index (χ1n) is 7.24. The number of likely N-dealkylation sites (tertiary alicyclic amines) is 1. The monoisotopic (exact) mass is 306 g/mol. The highest BCUT2D eigenvalue weighted by atomic mass is 32.2. The van der Waals surface area contributed by atoms with Crippen molar-refractivity contribution in [3.8, 4) is 5.69 Å². The molecule has 0 aliphatic carbocycles. The molecule has 3 rings (SSSR count). The number of aromatic nitrogens is 3. The molecule has 6 heteroatoms. The van der Waals surface area contributed by atoms with Crippen LogP contribution in [-0.2, 0) is 6.54 Å². The molecule has 0 bridgehead atoms. The summed E-state index contributed by atoms with van der Waals surface area (Å²) in [6.07, 6.45) is 5.80. The summed E-state index contributed by atoms with van der Waals surface area (Å²) in [5, 5.41) is 9.43. The van der Waals surface area contributed by atoms with E-state index in [2.05, 4.69) is 15.1 Å². The Bertz CT molecular complexity index is 590. The van der Waals surface area contributed by atoms with Gasteiger partial charge >= 0.3 is 0 Å². The molecule has 1 aromatic carbocycles. The molecule has 1 saturated heterocycles. The SMILES string of the molecule is CSc1nnc(CN2CCCCC2)n1-c1ccc(F)cc1. The van der Waals surface area contributed by atoms with E-state index in [4.69, 9.17) is 0 Å². The number of hydrogen-bond acceptors (Lipinski definition) is 4. The molecule has 2 heterocycles. The molecule has 21 heavy (non-hydrogen) atoms. The van der Waals surface area contributed by atoms with E-state index in [1.54, 1.807) is 23.9 Å². The molecular formula is C15H19FN4S. The van der Waals surface area contributed by atoms with Crippen LogP contribution in [0.4, 0.5) is 4.39 Å². The Balaban J connectivity index is 1.90. The van der Waals surface area contributed by atoms with Gasteiger partial charge in [-0.05, 0) is 56.5 Å². The van der Waals surface area contributed by atoms with E-state index in [9.17, 15) is 4.39 Å². The van der Waals surface area contributed by atoms with Crippen molar-refractivity contribution in [1.82, 2.24) is 19.7 Å². The first-order valence-corrected chi connectivity index (χ1v) is 8.47. The molecule has 1 fully saturated rings. The van der Waals surface area contributed by atoms with Gasteiger partial charge in [0.2, 0.25) is 0 Å². The molecule has 1 aliphatic rings. The zero-order valence-electron chi connectivity index (χ0n) is 12.1. The summed E-state index contributed by atoms with van der Waals surface area (Å²) < 4.78 is 15.2. The zero-order valence-corrected chi connectivity index (χ0v) is 12.9. The second kappa shape index (κ2) is 6.58. The van der Waals surface area contributed by atoms with Crippen LogP contribution in [0.1, 0.15) is 25.1 Å². The minimum Gasteiger partial charge on any atom is -0.296 e. The largest absolute Gasteiger partial charge is 0.296 e. The Morgan fingerprint density at radius 2 is 1.81 bits per heavy atom. The van der Waals surface area contributed by atoms with Crippen LogP contribution in [0.25, 0.3) is 5.69 Å². The predicted molar refractivity (Wildman–Crippen MR) is 82.2 cm³/mol. The van der Waals surface area contributed by atoms with Crippen LogP contribution in [0, 0.1) is 5.82 Å². The Morgan fingerprint density at radius 1 is 1.10 bits per heavy atom. The van der Waals surface area contributed by atoms with E-state index in [1.807, 2.05) is 10.8 Å². The smallest absolute Gasteiger partial charge is 0.195 e. The van der Waals surface area contributed by atoms with Crippen molar-refractivity contribution < 1.29 is 4.39 Å². The second-order valence-electron chi connectivity index (χ2n) is 5.25. The first-order chi connectivity index (χ1) is 10.3. The standard InChI is InChI=1S/C15H19FN4S/c1-21-15-18-17-14(11-19-9-3-2-4-10-19)20(15)13-7-5-12(16)6-8-13/h5-8H,2-4,9-11H2,1H3. The van der Waals surface area contributed by atoms with Crippen LogP contribution < -0.4 is 0 Å². The summed E-state index contributed by atoms with van der Waals surface area (Å²) >= 11 is 1.55. The number of hydrogen-bond donors (Lipinski definition) is 0. The zero-order chi connectivity index (χ0) is 14.7. The molecule has 0 atom stereocenters. The maximum absolute atomic E-state index is 13.1. The van der Waals surface area contributed by atoms with Crippen molar-refractivity contribution in [3.63, 3.8) is 0 Å². The molecule has 0 radical (unpaired) electrons. The number of benzene rings is 1. The van der Waals surface area contributed by atoms with E-state index in [0.717, 1.165) is 36.3 Å². The summed E-state index contributed by atoms with van der Waals surface area (Å²) in [5.74, 6) is 0.697. The fraction of sp³-hybridized carbons (Fsp3) is 0.467. The Morgan fingerprint density at radius 3 is 2.48 bits per heavy atom. The average molecular weight is 306 g/mol. The van der Waals surface area contributed by atoms with E-state index in [1.165, 1.54) is 31.4 Å². The van der Waals surface area contributed by atoms with Crippen LogP contribution in [-0.4, -0.2) is 39.0 Å². The van der Waals surface area contributed by atoms with Gasteiger partial charge in [-0.3, -0.25) is 9.47 Å². The lowest BCUT2D eigenvalue weighted by Gasteiger charge is -2.26. The average Bonchev–Trinajstić information content (AvgIpc) is 2.92. The van der Waals surface area contributed by atoms with Gasteiger partial charge in [0.05, 0.1) is 6.54 Å².